The van der Waals surface area contributed by atoms with E-state index in [1.54, 1.807) is 0 Å². The number of rotatable bonds is 5. The van der Waals surface area contributed by atoms with Crippen molar-refractivity contribution >= 4 is 12.4 Å². The summed E-state index contributed by atoms with van der Waals surface area (Å²) in [5.41, 5.74) is 4.08. The van der Waals surface area contributed by atoms with E-state index in [0.29, 0.717) is 6.04 Å². The fraction of sp³-hybridized carbons (Fsp3) is 0.294. The lowest BCUT2D eigenvalue weighted by molar-refractivity contribution is 0.574. The van der Waals surface area contributed by atoms with Gasteiger partial charge in [0.05, 0.1) is 0 Å². The van der Waals surface area contributed by atoms with Gasteiger partial charge >= 0.3 is 0 Å². The minimum atomic E-state index is 0. The van der Waals surface area contributed by atoms with Gasteiger partial charge in [-0.3, -0.25) is 0 Å². The third-order valence-corrected chi connectivity index (χ3v) is 3.34. The second-order valence-corrected chi connectivity index (χ2v) is 4.68. The van der Waals surface area contributed by atoms with Crippen LogP contribution in [0.3, 0.4) is 0 Å². The molecule has 0 radical (unpaired) electrons. The average molecular weight is 276 g/mol. The van der Waals surface area contributed by atoms with Gasteiger partial charge in [0.25, 0.3) is 0 Å². The van der Waals surface area contributed by atoms with Gasteiger partial charge < -0.3 is 5.32 Å². The van der Waals surface area contributed by atoms with Crippen LogP contribution in [0.4, 0.5) is 0 Å². The summed E-state index contributed by atoms with van der Waals surface area (Å²) in [7, 11) is 0. The summed E-state index contributed by atoms with van der Waals surface area (Å²) < 4.78 is 0. The summed E-state index contributed by atoms with van der Waals surface area (Å²) in [5.74, 6) is 0. The normalized spacial score (nSPS) is 11.7. The lowest BCUT2D eigenvalue weighted by Crippen LogP contribution is -2.17. The molecular formula is C17H22ClN. The van der Waals surface area contributed by atoms with E-state index in [1.807, 2.05) is 0 Å². The second-order valence-electron chi connectivity index (χ2n) is 4.68. The van der Waals surface area contributed by atoms with Gasteiger partial charge in [-0.25, -0.2) is 0 Å². The Bertz CT molecular complexity index is 464. The van der Waals surface area contributed by atoms with Gasteiger partial charge in [-0.05, 0) is 30.0 Å². The maximum atomic E-state index is 3.55. The number of halogens is 1. The van der Waals surface area contributed by atoms with Crippen molar-refractivity contribution < 1.29 is 0 Å². The van der Waals surface area contributed by atoms with Crippen LogP contribution in [0.15, 0.2) is 54.6 Å². The Balaban J connectivity index is 0.00000180. The van der Waals surface area contributed by atoms with E-state index in [1.165, 1.54) is 16.7 Å². The molecule has 0 saturated heterocycles. The molecule has 2 aromatic rings. The molecule has 0 saturated carbocycles. The van der Waals surface area contributed by atoms with E-state index in [9.17, 15) is 0 Å². The molecule has 1 unspecified atom stereocenters. The topological polar surface area (TPSA) is 12.0 Å². The average Bonchev–Trinajstić information content (AvgIpc) is 2.46. The molecule has 102 valence electrons. The smallest absolute Gasteiger partial charge is 0.0294 e. The van der Waals surface area contributed by atoms with E-state index in [0.717, 1.165) is 13.0 Å². The van der Waals surface area contributed by atoms with Gasteiger partial charge in [-0.1, -0.05) is 61.5 Å². The van der Waals surface area contributed by atoms with Crippen LogP contribution in [0, 0.1) is 0 Å². The summed E-state index contributed by atoms with van der Waals surface area (Å²) in [6.45, 7) is 5.31. The third-order valence-electron chi connectivity index (χ3n) is 3.34. The second kappa shape index (κ2) is 7.98. The van der Waals surface area contributed by atoms with Crippen molar-refractivity contribution in [2.75, 3.05) is 0 Å². The van der Waals surface area contributed by atoms with Crippen LogP contribution in [0.1, 0.15) is 36.6 Å². The first-order valence-corrected chi connectivity index (χ1v) is 6.65. The number of hydrogen-bond donors (Lipinski definition) is 1. The summed E-state index contributed by atoms with van der Waals surface area (Å²) in [5, 5.41) is 3.55. The molecule has 0 aliphatic heterocycles. The zero-order chi connectivity index (χ0) is 12.8. The Kier molecular flexibility index (Phi) is 6.61. The van der Waals surface area contributed by atoms with Crippen molar-refractivity contribution in [1.29, 1.82) is 0 Å². The summed E-state index contributed by atoms with van der Waals surface area (Å²) >= 11 is 0. The third kappa shape index (κ3) is 4.70. The Morgan fingerprint density at radius 2 is 1.47 bits per heavy atom. The molecular weight excluding hydrogens is 254 g/mol. The van der Waals surface area contributed by atoms with E-state index >= 15 is 0 Å². The molecule has 1 atom stereocenters. The van der Waals surface area contributed by atoms with Crippen molar-refractivity contribution in [2.24, 2.45) is 0 Å². The Morgan fingerprint density at radius 3 is 2.05 bits per heavy atom. The van der Waals surface area contributed by atoms with E-state index in [4.69, 9.17) is 0 Å². The highest BCUT2D eigenvalue weighted by Crippen LogP contribution is 2.12. The molecule has 0 aliphatic rings. The van der Waals surface area contributed by atoms with Crippen molar-refractivity contribution in [2.45, 2.75) is 32.9 Å². The van der Waals surface area contributed by atoms with E-state index < -0.39 is 0 Å². The Morgan fingerprint density at radius 1 is 0.895 bits per heavy atom. The summed E-state index contributed by atoms with van der Waals surface area (Å²) in [4.78, 5) is 0. The van der Waals surface area contributed by atoms with Crippen LogP contribution < -0.4 is 5.32 Å². The van der Waals surface area contributed by atoms with Gasteiger partial charge in [0.2, 0.25) is 0 Å². The first-order valence-electron chi connectivity index (χ1n) is 6.65. The number of nitrogens with one attached hydrogen (secondary N) is 1. The lowest BCUT2D eigenvalue weighted by atomic mass is 10.1. The van der Waals surface area contributed by atoms with Gasteiger partial charge in [0.1, 0.15) is 0 Å². The van der Waals surface area contributed by atoms with Gasteiger partial charge in [-0.15, -0.1) is 12.4 Å². The van der Waals surface area contributed by atoms with Crippen LogP contribution in [-0.2, 0) is 13.0 Å². The molecule has 0 aliphatic carbocycles. The molecule has 1 nitrogen and oxygen atoms in total. The molecule has 0 aromatic heterocycles. The van der Waals surface area contributed by atoms with E-state index in [-0.39, 0.29) is 12.4 Å². The standard InChI is InChI=1S/C17H21N.ClH/c1-3-15-9-11-16(12-10-15)13-18-14(2)17-7-5-4-6-8-17;/h4-12,14,18H,3,13H2,1-2H3;1H. The highest BCUT2D eigenvalue weighted by molar-refractivity contribution is 5.85. The summed E-state index contributed by atoms with van der Waals surface area (Å²) in [6.07, 6.45) is 1.11. The fourth-order valence-corrected chi connectivity index (χ4v) is 2.02. The predicted molar refractivity (Wildman–Crippen MR) is 84.8 cm³/mol. The molecule has 0 spiro atoms. The van der Waals surface area contributed by atoms with E-state index in [2.05, 4.69) is 73.8 Å². The molecule has 2 heteroatoms. The van der Waals surface area contributed by atoms with Gasteiger partial charge in [-0.2, -0.15) is 0 Å². The lowest BCUT2D eigenvalue weighted by Gasteiger charge is -2.14. The molecule has 1 N–H and O–H groups in total. The zero-order valence-electron chi connectivity index (χ0n) is 11.6. The van der Waals surface area contributed by atoms with Crippen LogP contribution >= 0.6 is 12.4 Å². The highest BCUT2D eigenvalue weighted by Gasteiger charge is 2.03. The first kappa shape index (κ1) is 15.7. The SMILES string of the molecule is CCc1ccc(CNC(C)c2ccccc2)cc1.Cl. The zero-order valence-corrected chi connectivity index (χ0v) is 12.4. The van der Waals surface area contributed by atoms with Crippen molar-refractivity contribution in [1.82, 2.24) is 5.32 Å². The molecule has 2 aromatic carbocycles. The molecule has 0 amide bonds. The Hall–Kier alpha value is -1.31. The molecule has 0 fully saturated rings. The van der Waals surface area contributed by atoms with Crippen molar-refractivity contribution in [3.63, 3.8) is 0 Å². The van der Waals surface area contributed by atoms with Crippen LogP contribution in [0.5, 0.6) is 0 Å². The number of aryl methyl sites for hydroxylation is 1. The number of hydrogen-bond acceptors (Lipinski definition) is 1. The maximum absolute atomic E-state index is 3.55. The highest BCUT2D eigenvalue weighted by atomic mass is 35.5. The molecule has 2 rings (SSSR count). The summed E-state index contributed by atoms with van der Waals surface area (Å²) in [6, 6.07) is 19.8. The minimum Gasteiger partial charge on any atom is -0.306 e. The predicted octanol–water partition coefficient (Wildman–Crippen LogP) is 4.52. The first-order chi connectivity index (χ1) is 8.79. The Labute approximate surface area is 122 Å². The van der Waals surface area contributed by atoms with Crippen molar-refractivity contribution in [3.05, 3.63) is 71.3 Å². The largest absolute Gasteiger partial charge is 0.306 e. The minimum absolute atomic E-state index is 0. The van der Waals surface area contributed by atoms with Gasteiger partial charge in [0, 0.05) is 12.6 Å². The number of benzene rings is 2. The van der Waals surface area contributed by atoms with Crippen molar-refractivity contribution in [3.8, 4) is 0 Å². The van der Waals surface area contributed by atoms with Crippen LogP contribution in [-0.4, -0.2) is 0 Å². The molecule has 0 bridgehead atoms. The maximum Gasteiger partial charge on any atom is 0.0294 e. The van der Waals surface area contributed by atoms with Gasteiger partial charge in [0.15, 0.2) is 0 Å². The quantitative estimate of drug-likeness (QED) is 0.846. The monoisotopic (exact) mass is 275 g/mol. The van der Waals surface area contributed by atoms with Crippen LogP contribution in [0.25, 0.3) is 0 Å². The fourth-order valence-electron chi connectivity index (χ4n) is 2.02. The molecule has 0 heterocycles. The van der Waals surface area contributed by atoms with Crippen LogP contribution in [0.2, 0.25) is 0 Å². The molecule has 19 heavy (non-hydrogen) atoms.